The van der Waals surface area contributed by atoms with Crippen molar-refractivity contribution in [3.05, 3.63) is 58.1 Å². The van der Waals surface area contributed by atoms with Crippen molar-refractivity contribution >= 4 is 21.7 Å². The van der Waals surface area contributed by atoms with Gasteiger partial charge in [-0.1, -0.05) is 0 Å². The molecular weight excluding hydrogens is 325 g/mol. The highest BCUT2D eigenvalue weighted by atomic mass is 79.9. The van der Waals surface area contributed by atoms with Crippen LogP contribution in [0.1, 0.15) is 29.8 Å². The first-order chi connectivity index (χ1) is 9.47. The van der Waals surface area contributed by atoms with E-state index in [1.807, 2.05) is 13.8 Å². The minimum atomic E-state index is -0.400. The Bertz CT molecular complexity index is 644. The minimum Gasteiger partial charge on any atom is -0.489 e. The highest BCUT2D eigenvalue weighted by Gasteiger charge is 2.14. The number of hydrogen-bond acceptors (Lipinski definition) is 3. The molecule has 0 unspecified atom stereocenters. The Hall–Kier alpha value is -1.75. The van der Waals surface area contributed by atoms with Gasteiger partial charge in [0.25, 0.3) is 0 Å². The van der Waals surface area contributed by atoms with Crippen molar-refractivity contribution in [3.63, 3.8) is 0 Å². The highest BCUT2D eigenvalue weighted by molar-refractivity contribution is 9.10. The molecule has 104 valence electrons. The lowest BCUT2D eigenvalue weighted by molar-refractivity contribution is 0.103. The van der Waals surface area contributed by atoms with Gasteiger partial charge in [0.05, 0.1) is 12.3 Å². The summed E-state index contributed by atoms with van der Waals surface area (Å²) in [5.41, 5.74) is 0.783. The van der Waals surface area contributed by atoms with Crippen LogP contribution in [-0.4, -0.2) is 16.9 Å². The van der Waals surface area contributed by atoms with Gasteiger partial charge in [0.1, 0.15) is 11.6 Å². The van der Waals surface area contributed by atoms with E-state index in [0.29, 0.717) is 21.3 Å². The van der Waals surface area contributed by atoms with Gasteiger partial charge in [-0.3, -0.25) is 9.78 Å². The third kappa shape index (κ3) is 3.42. The Morgan fingerprint density at radius 1 is 1.30 bits per heavy atom. The highest BCUT2D eigenvalue weighted by Crippen LogP contribution is 2.22. The summed E-state index contributed by atoms with van der Waals surface area (Å²) >= 11 is 3.19. The van der Waals surface area contributed by atoms with Crippen LogP contribution in [0.4, 0.5) is 4.39 Å². The van der Waals surface area contributed by atoms with E-state index < -0.39 is 5.82 Å². The Balaban J connectivity index is 2.33. The molecule has 0 bridgehead atoms. The third-order valence-corrected chi connectivity index (χ3v) is 3.18. The molecule has 3 nitrogen and oxygen atoms in total. The van der Waals surface area contributed by atoms with E-state index in [0.717, 1.165) is 0 Å². The molecule has 0 aliphatic heterocycles. The van der Waals surface area contributed by atoms with Crippen LogP contribution >= 0.6 is 15.9 Å². The molecule has 0 saturated carbocycles. The molecule has 1 aromatic carbocycles. The molecule has 0 saturated heterocycles. The zero-order valence-corrected chi connectivity index (χ0v) is 12.6. The predicted molar refractivity (Wildman–Crippen MR) is 77.5 cm³/mol. The van der Waals surface area contributed by atoms with Crippen molar-refractivity contribution in [2.75, 3.05) is 0 Å². The first-order valence-electron chi connectivity index (χ1n) is 6.09. The largest absolute Gasteiger partial charge is 0.489 e. The molecule has 2 rings (SSSR count). The summed E-state index contributed by atoms with van der Waals surface area (Å²) in [5, 5.41) is 0. The third-order valence-electron chi connectivity index (χ3n) is 2.52. The lowest BCUT2D eigenvalue weighted by atomic mass is 10.1. The van der Waals surface area contributed by atoms with Gasteiger partial charge >= 0.3 is 0 Å². The standard InChI is InChI=1S/C15H13BrFNO2/c1-9(2)20-12-5-10(7-18-8-12)15(19)13-4-3-11(17)6-14(13)16/h3-9H,1-2H3. The molecule has 0 amide bonds. The second-order valence-electron chi connectivity index (χ2n) is 4.53. The fourth-order valence-corrected chi connectivity index (χ4v) is 2.24. The topological polar surface area (TPSA) is 39.2 Å². The molecule has 1 heterocycles. The van der Waals surface area contributed by atoms with Crippen molar-refractivity contribution in [3.8, 4) is 5.75 Å². The number of aromatic nitrogens is 1. The number of carbonyl (C=O) groups excluding carboxylic acids is 1. The molecule has 0 fully saturated rings. The predicted octanol–water partition coefficient (Wildman–Crippen LogP) is 4.00. The number of carbonyl (C=O) groups is 1. The van der Waals surface area contributed by atoms with Gasteiger partial charge in [-0.15, -0.1) is 0 Å². The molecule has 0 N–H and O–H groups in total. The normalized spacial score (nSPS) is 10.7. The molecule has 1 aromatic heterocycles. The zero-order valence-electron chi connectivity index (χ0n) is 11.1. The van der Waals surface area contributed by atoms with Gasteiger partial charge in [-0.2, -0.15) is 0 Å². The van der Waals surface area contributed by atoms with E-state index in [2.05, 4.69) is 20.9 Å². The van der Waals surface area contributed by atoms with Crippen molar-refractivity contribution in [2.24, 2.45) is 0 Å². The maximum Gasteiger partial charge on any atom is 0.195 e. The van der Waals surface area contributed by atoms with Crippen molar-refractivity contribution in [1.82, 2.24) is 4.98 Å². The maximum atomic E-state index is 13.0. The van der Waals surface area contributed by atoms with E-state index in [1.54, 1.807) is 12.3 Å². The summed E-state index contributed by atoms with van der Waals surface area (Å²) in [5.74, 6) is -0.105. The van der Waals surface area contributed by atoms with Crippen LogP contribution in [0.15, 0.2) is 41.1 Å². The number of halogens is 2. The van der Waals surface area contributed by atoms with Crippen molar-refractivity contribution in [2.45, 2.75) is 20.0 Å². The van der Waals surface area contributed by atoms with Gasteiger partial charge in [0, 0.05) is 21.8 Å². The number of pyridine rings is 1. The summed E-state index contributed by atoms with van der Waals surface area (Å²) in [4.78, 5) is 16.4. The van der Waals surface area contributed by atoms with E-state index >= 15 is 0 Å². The Morgan fingerprint density at radius 2 is 2.05 bits per heavy atom. The molecule has 20 heavy (non-hydrogen) atoms. The molecule has 5 heteroatoms. The molecule has 0 radical (unpaired) electrons. The van der Waals surface area contributed by atoms with Gasteiger partial charge in [-0.05, 0) is 54.0 Å². The van der Waals surface area contributed by atoms with E-state index in [9.17, 15) is 9.18 Å². The number of hydrogen-bond donors (Lipinski definition) is 0. The summed E-state index contributed by atoms with van der Waals surface area (Å²) in [6, 6.07) is 5.58. The van der Waals surface area contributed by atoms with Crippen LogP contribution < -0.4 is 4.74 Å². The SMILES string of the molecule is CC(C)Oc1cncc(C(=O)c2ccc(F)cc2Br)c1. The number of ketones is 1. The average Bonchev–Trinajstić information content (AvgIpc) is 2.37. The van der Waals surface area contributed by atoms with Gasteiger partial charge in [-0.25, -0.2) is 4.39 Å². The minimum absolute atomic E-state index is 0.000269. The summed E-state index contributed by atoms with van der Waals surface area (Å²) in [6.45, 7) is 3.79. The lowest BCUT2D eigenvalue weighted by Gasteiger charge is -2.10. The van der Waals surface area contributed by atoms with Crippen LogP contribution in [0.5, 0.6) is 5.75 Å². The Labute approximate surface area is 124 Å². The smallest absolute Gasteiger partial charge is 0.195 e. The van der Waals surface area contributed by atoms with Crippen LogP contribution in [0.3, 0.4) is 0 Å². The first kappa shape index (κ1) is 14.7. The monoisotopic (exact) mass is 337 g/mol. The van der Waals surface area contributed by atoms with Gasteiger partial charge in [0.2, 0.25) is 0 Å². The number of ether oxygens (including phenoxy) is 1. The fourth-order valence-electron chi connectivity index (χ4n) is 1.71. The molecule has 2 aromatic rings. The number of rotatable bonds is 4. The second kappa shape index (κ2) is 6.13. The van der Waals surface area contributed by atoms with Crippen molar-refractivity contribution < 1.29 is 13.9 Å². The second-order valence-corrected chi connectivity index (χ2v) is 5.38. The van der Waals surface area contributed by atoms with Gasteiger partial charge in [0.15, 0.2) is 5.78 Å². The number of benzene rings is 1. The summed E-state index contributed by atoms with van der Waals surface area (Å²) in [7, 11) is 0. The number of nitrogens with zero attached hydrogens (tertiary/aromatic N) is 1. The quantitative estimate of drug-likeness (QED) is 0.791. The van der Waals surface area contributed by atoms with Crippen molar-refractivity contribution in [1.29, 1.82) is 0 Å². The van der Waals surface area contributed by atoms with Crippen LogP contribution in [0.25, 0.3) is 0 Å². The van der Waals surface area contributed by atoms with E-state index in [-0.39, 0.29) is 11.9 Å². The van der Waals surface area contributed by atoms with E-state index in [1.165, 1.54) is 24.4 Å². The van der Waals surface area contributed by atoms with Crippen LogP contribution in [-0.2, 0) is 0 Å². The zero-order chi connectivity index (χ0) is 14.7. The maximum absolute atomic E-state index is 13.0. The fraction of sp³-hybridized carbons (Fsp3) is 0.200. The molecule has 0 aliphatic rings. The Kier molecular flexibility index (Phi) is 4.49. The van der Waals surface area contributed by atoms with E-state index in [4.69, 9.17) is 4.74 Å². The average molecular weight is 338 g/mol. The van der Waals surface area contributed by atoms with Crippen LogP contribution in [0.2, 0.25) is 0 Å². The summed E-state index contributed by atoms with van der Waals surface area (Å²) in [6.07, 6.45) is 3.02. The molecule has 0 aliphatic carbocycles. The van der Waals surface area contributed by atoms with Gasteiger partial charge < -0.3 is 4.74 Å². The summed E-state index contributed by atoms with van der Waals surface area (Å²) < 4.78 is 19.0. The van der Waals surface area contributed by atoms with Crippen LogP contribution in [0, 0.1) is 5.82 Å². The molecular formula is C15H13BrFNO2. The molecule has 0 spiro atoms. The molecule has 0 atom stereocenters. The first-order valence-corrected chi connectivity index (χ1v) is 6.88. The Morgan fingerprint density at radius 3 is 2.70 bits per heavy atom. The lowest BCUT2D eigenvalue weighted by Crippen LogP contribution is -2.08.